The predicted molar refractivity (Wildman–Crippen MR) is 173 cm³/mol. The smallest absolute Gasteiger partial charge is 0.187 e. The summed E-state index contributed by atoms with van der Waals surface area (Å²) in [4.78, 5) is 0. The van der Waals surface area contributed by atoms with Crippen LogP contribution < -0.4 is 0 Å². The highest BCUT2D eigenvalue weighted by atomic mass is 32.1. The van der Waals surface area contributed by atoms with Crippen molar-refractivity contribution in [3.05, 3.63) is 0 Å². The summed E-state index contributed by atoms with van der Waals surface area (Å²) in [7, 11) is 0. The van der Waals surface area contributed by atoms with Gasteiger partial charge >= 0.3 is 0 Å². The Balaban J connectivity index is 1.22. The Morgan fingerprint density at radius 1 is 0.321 bits per heavy atom. The minimum absolute atomic E-state index is 0.734. The van der Waals surface area contributed by atoms with Crippen molar-refractivity contribution >= 4 is 12.6 Å². The topological polar surface area (TPSA) is 407 Å². The van der Waals surface area contributed by atoms with E-state index in [1.54, 1.807) is 0 Å². The summed E-state index contributed by atoms with van der Waals surface area (Å²) in [5, 5.41) is 165. The lowest BCUT2D eigenvalue weighted by Crippen LogP contribution is -2.68. The van der Waals surface area contributed by atoms with Crippen LogP contribution in [0.4, 0.5) is 0 Å². The molecule has 5 aliphatic heterocycles. The summed E-state index contributed by atoms with van der Waals surface area (Å²) < 4.78 is 49.6. The highest BCUT2D eigenvalue weighted by Crippen LogP contribution is 2.36. The fraction of sp³-hybridized carbons (Fsp3) is 1.00. The van der Waals surface area contributed by atoms with E-state index in [0.717, 1.165) is 0 Å². The lowest BCUT2D eigenvalue weighted by Gasteiger charge is -2.49. The molecule has 328 valence electrons. The van der Waals surface area contributed by atoms with E-state index in [4.69, 9.17) is 42.6 Å². The number of ether oxygens (including phenoxy) is 9. The van der Waals surface area contributed by atoms with E-state index in [9.17, 15) is 81.7 Å². The lowest BCUT2D eigenvalue weighted by atomic mass is 9.95. The summed E-state index contributed by atoms with van der Waals surface area (Å²) in [5.74, 6) is 0. The molecule has 5 rings (SSSR count). The van der Waals surface area contributed by atoms with Crippen molar-refractivity contribution in [1.29, 1.82) is 0 Å². The molecule has 0 saturated carbocycles. The molecule has 56 heavy (non-hydrogen) atoms. The third-order valence-electron chi connectivity index (χ3n) is 10.3. The summed E-state index contributed by atoms with van der Waals surface area (Å²) in [6.45, 7) is -4.34. The molecule has 25 atom stereocenters. The Bertz CT molecular complexity index is 1200. The summed E-state index contributed by atoms with van der Waals surface area (Å²) in [5.41, 5.74) is 0. The van der Waals surface area contributed by atoms with E-state index in [1.165, 1.54) is 0 Å². The zero-order chi connectivity index (χ0) is 41.3. The first kappa shape index (κ1) is 46.4. The van der Waals surface area contributed by atoms with Gasteiger partial charge in [0.2, 0.25) is 0 Å². The second kappa shape index (κ2) is 19.8. The lowest BCUT2D eigenvalue weighted by molar-refractivity contribution is -0.390. The van der Waals surface area contributed by atoms with Crippen LogP contribution in [-0.2, 0) is 42.6 Å². The number of rotatable bonds is 13. The van der Waals surface area contributed by atoms with Gasteiger partial charge in [-0.3, -0.25) is 0 Å². The van der Waals surface area contributed by atoms with E-state index in [2.05, 4.69) is 12.6 Å². The molecular formula is C30H52O25S. The van der Waals surface area contributed by atoms with Gasteiger partial charge < -0.3 is 124 Å². The van der Waals surface area contributed by atoms with Gasteiger partial charge in [0.1, 0.15) is 110 Å². The summed E-state index contributed by atoms with van der Waals surface area (Å²) >= 11 is 4.16. The van der Waals surface area contributed by atoms with E-state index in [1.807, 2.05) is 0 Å². The van der Waals surface area contributed by atoms with Crippen molar-refractivity contribution in [1.82, 2.24) is 0 Å². The van der Waals surface area contributed by atoms with Crippen molar-refractivity contribution in [2.45, 2.75) is 153 Å². The molecule has 5 heterocycles. The largest absolute Gasteiger partial charge is 0.394 e. The molecule has 0 radical (unpaired) electrons. The molecular weight excluding hydrogens is 792 g/mol. The zero-order valence-corrected chi connectivity index (χ0v) is 30.1. The quantitative estimate of drug-likeness (QED) is 0.0765. The first-order valence-electron chi connectivity index (χ1n) is 17.6. The van der Waals surface area contributed by atoms with Gasteiger partial charge in [-0.15, -0.1) is 0 Å². The monoisotopic (exact) mass is 844 g/mol. The van der Waals surface area contributed by atoms with Crippen LogP contribution in [0.5, 0.6) is 0 Å². The van der Waals surface area contributed by atoms with Crippen LogP contribution in [0.1, 0.15) is 0 Å². The second-order valence-electron chi connectivity index (χ2n) is 13.9. The minimum atomic E-state index is -2.10. The number of thiol groups is 1. The standard InChI is InChI=1S/C30H52O25S/c31-1-6-11(36)16(41)25(56)30(48-6)55-24-10(5-35)51-29(20(45)15(24)40)54-23-9(4-34)50-28(19(44)14(23)39)53-22-8(3-33)49-27(18(43)13(22)38)52-21-7(2-32)47-26(46)17(42)12(21)37/h6-46,56H,1-5H2/t6-,7-,8-,9-,10-,11-,12-,13-,14-,15-,16+,17-,18-,19-,20-,21-,22-,23-,24-,25-,26+,27-,28-,29-,30-/m1/s1. The van der Waals surface area contributed by atoms with Crippen molar-refractivity contribution in [3.63, 3.8) is 0 Å². The van der Waals surface area contributed by atoms with Crippen LogP contribution in [0.3, 0.4) is 0 Å². The van der Waals surface area contributed by atoms with Gasteiger partial charge in [0.05, 0.1) is 44.4 Å². The van der Waals surface area contributed by atoms with Crippen molar-refractivity contribution in [3.8, 4) is 0 Å². The first-order valence-corrected chi connectivity index (χ1v) is 18.1. The molecule has 5 fully saturated rings. The van der Waals surface area contributed by atoms with Gasteiger partial charge in [-0.1, -0.05) is 0 Å². The van der Waals surface area contributed by atoms with E-state index in [-0.39, 0.29) is 0 Å². The Morgan fingerprint density at radius 3 is 0.946 bits per heavy atom. The SMILES string of the molecule is OC[C@H]1O[C@H](O[C@H]2[C@H](O)[C@@H](O)[C@@H](O[C@H]3[C@H](O)[C@@H](O)[C@@H](O[C@H]4[C@H](O)[C@@H](O)[C@@H](O[C@H]5[C@H](O)[C@@H](O)[C@@H](O)O[C@@H]5CO)O[C@@H]4CO)O[C@@H]3CO)O[C@@H]2CO)[C@H](S)[C@@H](O)[C@@H]1O. The highest BCUT2D eigenvalue weighted by molar-refractivity contribution is 7.81. The van der Waals surface area contributed by atoms with Crippen LogP contribution in [0, 0.1) is 0 Å². The molecule has 0 bridgehead atoms. The van der Waals surface area contributed by atoms with Crippen molar-refractivity contribution < 1.29 is 124 Å². The van der Waals surface area contributed by atoms with Gasteiger partial charge in [-0.05, 0) is 0 Å². The van der Waals surface area contributed by atoms with Crippen LogP contribution in [0.15, 0.2) is 0 Å². The Morgan fingerprint density at radius 2 is 0.607 bits per heavy atom. The van der Waals surface area contributed by atoms with Crippen molar-refractivity contribution in [2.24, 2.45) is 0 Å². The minimum Gasteiger partial charge on any atom is -0.394 e. The molecule has 0 aromatic rings. The number of aliphatic hydroxyl groups is 16. The third kappa shape index (κ3) is 9.31. The molecule has 0 aliphatic carbocycles. The van der Waals surface area contributed by atoms with Gasteiger partial charge in [0, 0.05) is 0 Å². The van der Waals surface area contributed by atoms with Gasteiger partial charge in [0.15, 0.2) is 31.5 Å². The van der Waals surface area contributed by atoms with Crippen LogP contribution in [0.25, 0.3) is 0 Å². The summed E-state index contributed by atoms with van der Waals surface area (Å²) in [6, 6.07) is 0. The molecule has 0 aromatic carbocycles. The van der Waals surface area contributed by atoms with E-state index < -0.39 is 186 Å². The van der Waals surface area contributed by atoms with Gasteiger partial charge in [0.25, 0.3) is 0 Å². The zero-order valence-electron chi connectivity index (χ0n) is 29.2. The summed E-state index contributed by atoms with van der Waals surface area (Å²) in [6.07, 6.45) is -42.4. The van der Waals surface area contributed by atoms with Crippen molar-refractivity contribution in [2.75, 3.05) is 33.0 Å². The highest BCUT2D eigenvalue weighted by Gasteiger charge is 2.56. The Kier molecular flexibility index (Phi) is 16.4. The first-order chi connectivity index (χ1) is 26.5. The molecule has 5 aliphatic rings. The Labute approximate surface area is 322 Å². The number of hydrogen-bond acceptors (Lipinski definition) is 26. The van der Waals surface area contributed by atoms with Crippen LogP contribution in [-0.4, -0.2) is 267 Å². The average molecular weight is 845 g/mol. The van der Waals surface area contributed by atoms with E-state index >= 15 is 0 Å². The number of hydrogen-bond donors (Lipinski definition) is 17. The Hall–Kier alpha value is -0.650. The fourth-order valence-electron chi connectivity index (χ4n) is 7.03. The van der Waals surface area contributed by atoms with Gasteiger partial charge in [-0.2, -0.15) is 12.6 Å². The molecule has 0 unspecified atom stereocenters. The molecule has 25 nitrogen and oxygen atoms in total. The number of aliphatic hydroxyl groups excluding tert-OH is 16. The molecule has 0 spiro atoms. The van der Waals surface area contributed by atoms with Crippen LogP contribution >= 0.6 is 12.6 Å². The molecule has 5 saturated heterocycles. The molecule has 26 heteroatoms. The average Bonchev–Trinajstić information content (AvgIpc) is 3.19. The molecule has 16 N–H and O–H groups in total. The molecule has 0 aromatic heterocycles. The third-order valence-corrected chi connectivity index (χ3v) is 10.9. The molecule has 0 amide bonds. The maximum atomic E-state index is 11.1. The maximum absolute atomic E-state index is 11.1. The van der Waals surface area contributed by atoms with Gasteiger partial charge in [-0.25, -0.2) is 0 Å². The second-order valence-corrected chi connectivity index (χ2v) is 14.5. The normalized spacial score (nSPS) is 53.2. The van der Waals surface area contributed by atoms with Crippen LogP contribution in [0.2, 0.25) is 0 Å². The predicted octanol–water partition coefficient (Wildman–Crippen LogP) is -11.0. The van der Waals surface area contributed by atoms with E-state index in [0.29, 0.717) is 0 Å². The maximum Gasteiger partial charge on any atom is 0.187 e. The fourth-order valence-corrected chi connectivity index (χ4v) is 7.35.